The highest BCUT2D eigenvalue weighted by atomic mass is 16.6. The van der Waals surface area contributed by atoms with Crippen LogP contribution in [-0.4, -0.2) is 67.4 Å². The van der Waals surface area contributed by atoms with Crippen molar-refractivity contribution in [2.24, 2.45) is 5.92 Å². The fourth-order valence-electron chi connectivity index (χ4n) is 3.51. The second-order valence-electron chi connectivity index (χ2n) is 9.30. The lowest BCUT2D eigenvalue weighted by Gasteiger charge is -2.34. The number of benzene rings is 1. The van der Waals surface area contributed by atoms with Gasteiger partial charge in [-0.3, -0.25) is 9.69 Å². The van der Waals surface area contributed by atoms with E-state index in [9.17, 15) is 9.59 Å². The van der Waals surface area contributed by atoms with Crippen LogP contribution in [0.2, 0.25) is 0 Å². The molecule has 0 aliphatic carbocycles. The Balaban J connectivity index is 2.10. The van der Waals surface area contributed by atoms with E-state index in [1.807, 2.05) is 30.3 Å². The first-order chi connectivity index (χ1) is 14.7. The third-order valence-electron chi connectivity index (χ3n) is 5.51. The first kappa shape index (κ1) is 25.1. The Morgan fingerprint density at radius 3 is 2.35 bits per heavy atom. The molecule has 0 radical (unpaired) electrons. The van der Waals surface area contributed by atoms with E-state index in [0.717, 1.165) is 44.8 Å². The molecule has 0 spiro atoms. The molecular formula is C24H39N3O4. The summed E-state index contributed by atoms with van der Waals surface area (Å²) in [6.45, 7) is 13.6. The van der Waals surface area contributed by atoms with Crippen LogP contribution in [0.3, 0.4) is 0 Å². The maximum absolute atomic E-state index is 13.3. The second-order valence-corrected chi connectivity index (χ2v) is 9.30. The lowest BCUT2D eigenvalue weighted by atomic mass is 9.97. The van der Waals surface area contributed by atoms with Gasteiger partial charge in [0, 0.05) is 32.1 Å². The van der Waals surface area contributed by atoms with E-state index in [0.29, 0.717) is 12.3 Å². The molecule has 1 aromatic rings. The third kappa shape index (κ3) is 9.27. The minimum absolute atomic E-state index is 0.00527. The number of hydrogen-bond acceptors (Lipinski definition) is 5. The van der Waals surface area contributed by atoms with E-state index in [1.54, 1.807) is 20.8 Å². The van der Waals surface area contributed by atoms with Gasteiger partial charge in [0.15, 0.2) is 0 Å². The molecule has 2 amide bonds. The van der Waals surface area contributed by atoms with Crippen molar-refractivity contribution < 1.29 is 19.1 Å². The van der Waals surface area contributed by atoms with Gasteiger partial charge in [-0.1, -0.05) is 50.6 Å². The van der Waals surface area contributed by atoms with Gasteiger partial charge in [0.05, 0.1) is 13.2 Å². The molecule has 31 heavy (non-hydrogen) atoms. The summed E-state index contributed by atoms with van der Waals surface area (Å²) in [6.07, 6.45) is 0.770. The van der Waals surface area contributed by atoms with Gasteiger partial charge in [-0.25, -0.2) is 4.79 Å². The maximum Gasteiger partial charge on any atom is 0.408 e. The molecular weight excluding hydrogens is 394 g/mol. The van der Waals surface area contributed by atoms with Crippen LogP contribution < -0.4 is 10.6 Å². The lowest BCUT2D eigenvalue weighted by Crippen LogP contribution is -2.56. The van der Waals surface area contributed by atoms with Crippen LogP contribution in [0.25, 0.3) is 0 Å². The Morgan fingerprint density at radius 2 is 1.77 bits per heavy atom. The Kier molecular flexibility index (Phi) is 9.78. The van der Waals surface area contributed by atoms with Crippen LogP contribution in [0.4, 0.5) is 4.79 Å². The summed E-state index contributed by atoms with van der Waals surface area (Å²) in [5, 5.41) is 5.99. The summed E-state index contributed by atoms with van der Waals surface area (Å²) >= 11 is 0. The Hall–Kier alpha value is -2.12. The number of carbonyl (C=O) groups excluding carboxylic acids is 2. The zero-order valence-corrected chi connectivity index (χ0v) is 19.6. The number of alkyl carbamates (subject to hydrolysis) is 1. The largest absolute Gasteiger partial charge is 0.444 e. The fourth-order valence-corrected chi connectivity index (χ4v) is 3.51. The molecule has 1 fully saturated rings. The number of ether oxygens (including phenoxy) is 2. The van der Waals surface area contributed by atoms with Gasteiger partial charge in [0.1, 0.15) is 11.6 Å². The fraction of sp³-hybridized carbons (Fsp3) is 0.667. The van der Waals surface area contributed by atoms with Gasteiger partial charge in [-0.15, -0.1) is 0 Å². The van der Waals surface area contributed by atoms with Crippen molar-refractivity contribution in [2.45, 2.75) is 65.1 Å². The minimum atomic E-state index is -0.714. The van der Waals surface area contributed by atoms with Crippen molar-refractivity contribution in [1.82, 2.24) is 15.5 Å². The molecule has 1 saturated heterocycles. The number of nitrogens with one attached hydrogen (secondary N) is 2. The van der Waals surface area contributed by atoms with Gasteiger partial charge in [0.2, 0.25) is 5.91 Å². The van der Waals surface area contributed by atoms with Crippen LogP contribution in [-0.2, 0) is 20.7 Å². The standard InChI is InChI=1S/C24H39N3O4/c1-6-18(2)21(17-27-12-14-30-15-13-27)25-22(28)20(16-19-10-8-7-9-11-19)26-23(29)31-24(3,4)5/h7-11,18,20-21H,6,12-17H2,1-5H3,(H,25,28)(H,26,29)/t18-,20-,21+/m0/s1. The average Bonchev–Trinajstić information content (AvgIpc) is 2.72. The van der Waals surface area contributed by atoms with Crippen LogP contribution in [0, 0.1) is 5.92 Å². The third-order valence-corrected chi connectivity index (χ3v) is 5.51. The summed E-state index contributed by atoms with van der Waals surface area (Å²) < 4.78 is 10.8. The first-order valence-corrected chi connectivity index (χ1v) is 11.3. The minimum Gasteiger partial charge on any atom is -0.444 e. The zero-order chi connectivity index (χ0) is 22.9. The summed E-state index contributed by atoms with van der Waals surface area (Å²) in [5.41, 5.74) is 0.347. The predicted molar refractivity (Wildman–Crippen MR) is 122 cm³/mol. The molecule has 3 atom stereocenters. The Labute approximate surface area is 186 Å². The van der Waals surface area contributed by atoms with E-state index in [-0.39, 0.29) is 11.9 Å². The molecule has 1 aliphatic heterocycles. The molecule has 0 unspecified atom stereocenters. The molecule has 0 saturated carbocycles. The van der Waals surface area contributed by atoms with Gasteiger partial charge < -0.3 is 20.1 Å². The monoisotopic (exact) mass is 433 g/mol. The van der Waals surface area contributed by atoms with Crippen LogP contribution >= 0.6 is 0 Å². The van der Waals surface area contributed by atoms with Crippen molar-refractivity contribution in [3.8, 4) is 0 Å². The highest BCUT2D eigenvalue weighted by Crippen LogP contribution is 2.13. The summed E-state index contributed by atoms with van der Waals surface area (Å²) in [6, 6.07) is 8.98. The van der Waals surface area contributed by atoms with Crippen molar-refractivity contribution in [2.75, 3.05) is 32.8 Å². The maximum atomic E-state index is 13.3. The van der Waals surface area contributed by atoms with Gasteiger partial charge >= 0.3 is 6.09 Å². The Bertz CT molecular complexity index is 684. The van der Waals surface area contributed by atoms with E-state index in [2.05, 4.69) is 29.4 Å². The number of nitrogens with zero attached hydrogens (tertiary/aromatic N) is 1. The van der Waals surface area contributed by atoms with E-state index >= 15 is 0 Å². The second kappa shape index (κ2) is 12.1. The van der Waals surface area contributed by atoms with E-state index < -0.39 is 17.7 Å². The Morgan fingerprint density at radius 1 is 1.13 bits per heavy atom. The number of morpholine rings is 1. The number of carbonyl (C=O) groups is 2. The molecule has 1 heterocycles. The highest BCUT2D eigenvalue weighted by molar-refractivity contribution is 5.86. The predicted octanol–water partition coefficient (Wildman–Crippen LogP) is 2.99. The first-order valence-electron chi connectivity index (χ1n) is 11.3. The molecule has 2 rings (SSSR count). The number of rotatable bonds is 9. The molecule has 2 N–H and O–H groups in total. The average molecular weight is 434 g/mol. The molecule has 7 heteroatoms. The molecule has 1 aliphatic rings. The van der Waals surface area contributed by atoms with Gasteiger partial charge in [-0.2, -0.15) is 0 Å². The zero-order valence-electron chi connectivity index (χ0n) is 19.6. The molecule has 174 valence electrons. The van der Waals surface area contributed by atoms with Gasteiger partial charge in [-0.05, 0) is 32.3 Å². The molecule has 7 nitrogen and oxygen atoms in total. The molecule has 0 bridgehead atoms. The SMILES string of the molecule is CC[C@H](C)[C@@H](CN1CCOCC1)NC(=O)[C@H](Cc1ccccc1)NC(=O)OC(C)(C)C. The van der Waals surface area contributed by atoms with Crippen molar-refractivity contribution in [3.05, 3.63) is 35.9 Å². The van der Waals surface area contributed by atoms with Crippen molar-refractivity contribution in [1.29, 1.82) is 0 Å². The summed E-state index contributed by atoms with van der Waals surface area (Å²) in [5.74, 6) is 0.124. The number of hydrogen-bond donors (Lipinski definition) is 2. The van der Waals surface area contributed by atoms with Crippen molar-refractivity contribution >= 4 is 12.0 Å². The molecule has 1 aromatic carbocycles. The van der Waals surface area contributed by atoms with Gasteiger partial charge in [0.25, 0.3) is 0 Å². The quantitative estimate of drug-likeness (QED) is 0.626. The normalized spacial score (nSPS) is 18.0. The topological polar surface area (TPSA) is 79.9 Å². The summed E-state index contributed by atoms with van der Waals surface area (Å²) in [7, 11) is 0. The van der Waals surface area contributed by atoms with Crippen molar-refractivity contribution in [3.63, 3.8) is 0 Å². The van der Waals surface area contributed by atoms with Crippen LogP contribution in [0.1, 0.15) is 46.6 Å². The molecule has 0 aromatic heterocycles. The van der Waals surface area contributed by atoms with Crippen LogP contribution in [0.5, 0.6) is 0 Å². The lowest BCUT2D eigenvalue weighted by molar-refractivity contribution is -0.124. The van der Waals surface area contributed by atoms with Crippen LogP contribution in [0.15, 0.2) is 30.3 Å². The van der Waals surface area contributed by atoms with E-state index in [4.69, 9.17) is 9.47 Å². The summed E-state index contributed by atoms with van der Waals surface area (Å²) in [4.78, 5) is 28.0. The number of amides is 2. The highest BCUT2D eigenvalue weighted by Gasteiger charge is 2.29. The smallest absolute Gasteiger partial charge is 0.408 e. The van der Waals surface area contributed by atoms with E-state index in [1.165, 1.54) is 0 Å².